The summed E-state index contributed by atoms with van der Waals surface area (Å²) < 4.78 is 29.0. The molecule has 12 heteroatoms. The summed E-state index contributed by atoms with van der Waals surface area (Å²) in [6.45, 7) is 6.42. The smallest absolute Gasteiger partial charge is 0.275 e. The number of amides is 1. The largest absolute Gasteiger partial charge is 0.497 e. The highest BCUT2D eigenvalue weighted by Gasteiger charge is 2.37. The van der Waals surface area contributed by atoms with E-state index in [0.29, 0.717) is 24.1 Å². The number of rotatable bonds is 19. The highest BCUT2D eigenvalue weighted by atomic mass is 31.2. The molecule has 4 rings (SSSR count). The van der Waals surface area contributed by atoms with E-state index < -0.39 is 25.0 Å². The van der Waals surface area contributed by atoms with Crippen LogP contribution in [0, 0.1) is 10.1 Å². The Morgan fingerprint density at radius 1 is 0.940 bits per heavy atom. The van der Waals surface area contributed by atoms with Crippen molar-refractivity contribution in [3.05, 3.63) is 135 Å². The summed E-state index contributed by atoms with van der Waals surface area (Å²) in [5.41, 5.74) is 2.81. The predicted octanol–water partition coefficient (Wildman–Crippen LogP) is 8.10. The number of methoxy groups -OCH3 is 2. The van der Waals surface area contributed by atoms with E-state index in [1.165, 1.54) is 12.5 Å². The van der Waals surface area contributed by atoms with E-state index >= 15 is 0 Å². The second-order valence-corrected chi connectivity index (χ2v) is 12.6. The second-order valence-electron chi connectivity index (χ2n) is 11.3. The molecule has 0 heterocycles. The van der Waals surface area contributed by atoms with E-state index in [0.717, 1.165) is 28.2 Å². The highest BCUT2D eigenvalue weighted by Crippen LogP contribution is 2.43. The second kappa shape index (κ2) is 18.8. The maximum atomic E-state index is 13.0. The Morgan fingerprint density at radius 3 is 2.10 bits per heavy atom. The molecule has 50 heavy (non-hydrogen) atoms. The van der Waals surface area contributed by atoms with Crippen molar-refractivity contribution in [3.63, 3.8) is 0 Å². The monoisotopic (exact) mass is 701 g/mol. The molecular weight excluding hydrogens is 657 g/mol. The first-order valence-corrected chi connectivity index (χ1v) is 17.9. The average Bonchev–Trinajstić information content (AvgIpc) is 3.14. The zero-order valence-corrected chi connectivity index (χ0v) is 29.9. The number of hydrogen-bond donors (Lipinski definition) is 1. The van der Waals surface area contributed by atoms with Gasteiger partial charge in [-0.15, -0.1) is 0 Å². The number of nitrogens with zero attached hydrogens (tertiary/aromatic N) is 2. The number of ether oxygens (including phenoxy) is 3. The van der Waals surface area contributed by atoms with E-state index in [1.54, 1.807) is 39.9 Å². The summed E-state index contributed by atoms with van der Waals surface area (Å²) in [5, 5.41) is 14.7. The molecule has 0 fully saturated rings. The van der Waals surface area contributed by atoms with Gasteiger partial charge in [0.1, 0.15) is 17.1 Å². The molecular formula is C38H44N3O8P. The van der Waals surface area contributed by atoms with E-state index in [-0.39, 0.29) is 31.2 Å². The Kier molecular flexibility index (Phi) is 14.3. The van der Waals surface area contributed by atoms with Gasteiger partial charge in [-0.3, -0.25) is 19.9 Å². The van der Waals surface area contributed by atoms with Crippen molar-refractivity contribution < 1.29 is 33.0 Å². The minimum absolute atomic E-state index is 0.0639. The van der Waals surface area contributed by atoms with Gasteiger partial charge in [0.05, 0.1) is 30.8 Å². The minimum atomic E-state index is -1.35. The Morgan fingerprint density at radius 2 is 1.54 bits per heavy atom. The number of nitro benzene ring substituents is 1. The van der Waals surface area contributed by atoms with Crippen LogP contribution in [0.15, 0.2) is 102 Å². The van der Waals surface area contributed by atoms with Crippen LogP contribution in [0.2, 0.25) is 0 Å². The van der Waals surface area contributed by atoms with E-state index in [9.17, 15) is 14.9 Å². The standard InChI is InChI=1S/C38H44N3O8P/c1-6-39-27-48-50(5)49-28(2)35-25-29(14-23-36(35)41(43)44)26-40-37(42)13-10-24-47-38(30-11-8-7-9-12-30,31-15-19-33(45-3)20-16-31)32-17-21-34(46-4)22-18-32/h7-9,11-12,14-23,25,27-28H,6,10,13,24,26H2,1-5H3,(H,40,42). The van der Waals surface area contributed by atoms with Crippen molar-refractivity contribution in [2.24, 2.45) is 4.99 Å². The van der Waals surface area contributed by atoms with Crippen molar-refractivity contribution in [1.29, 1.82) is 0 Å². The maximum absolute atomic E-state index is 13.0. The van der Waals surface area contributed by atoms with Crippen LogP contribution in [0.4, 0.5) is 5.69 Å². The molecule has 1 N–H and O–H groups in total. The lowest BCUT2D eigenvalue weighted by molar-refractivity contribution is -0.386. The van der Waals surface area contributed by atoms with Gasteiger partial charge in [0.15, 0.2) is 6.40 Å². The van der Waals surface area contributed by atoms with Crippen LogP contribution < -0.4 is 14.8 Å². The molecule has 0 saturated carbocycles. The van der Waals surface area contributed by atoms with Crippen molar-refractivity contribution in [3.8, 4) is 11.5 Å². The lowest BCUT2D eigenvalue weighted by Crippen LogP contribution is -2.33. The lowest BCUT2D eigenvalue weighted by atomic mass is 9.80. The fourth-order valence-electron chi connectivity index (χ4n) is 5.51. The lowest BCUT2D eigenvalue weighted by Gasteiger charge is -2.36. The molecule has 0 aliphatic heterocycles. The first kappa shape index (κ1) is 38.0. The fourth-order valence-corrected chi connectivity index (χ4v) is 6.31. The third-order valence-electron chi connectivity index (χ3n) is 8.02. The quantitative estimate of drug-likeness (QED) is 0.0197. The van der Waals surface area contributed by atoms with E-state index in [4.69, 9.17) is 23.3 Å². The maximum Gasteiger partial charge on any atom is 0.275 e. The van der Waals surface area contributed by atoms with Crippen molar-refractivity contribution >= 4 is 26.4 Å². The summed E-state index contributed by atoms with van der Waals surface area (Å²) in [6.07, 6.45) is 1.39. The summed E-state index contributed by atoms with van der Waals surface area (Å²) in [4.78, 5) is 28.3. The van der Waals surface area contributed by atoms with Crippen molar-refractivity contribution in [2.45, 2.75) is 44.9 Å². The SMILES string of the molecule is CCN=COP(C)OC(C)c1cc(CNC(=O)CCCOC(c2ccccc2)(c2ccc(OC)cc2)c2ccc(OC)cc2)ccc1[N+](=O)[O-]. The number of nitrogens with one attached hydrogen (secondary N) is 1. The summed E-state index contributed by atoms with van der Waals surface area (Å²) >= 11 is 0. The Labute approximate surface area is 294 Å². The molecule has 4 aromatic rings. The summed E-state index contributed by atoms with van der Waals surface area (Å²) in [7, 11) is 1.91. The predicted molar refractivity (Wildman–Crippen MR) is 195 cm³/mol. The van der Waals surface area contributed by atoms with Crippen LogP contribution in [0.1, 0.15) is 60.6 Å². The third-order valence-corrected chi connectivity index (χ3v) is 9.02. The van der Waals surface area contributed by atoms with Gasteiger partial charge in [-0.2, -0.15) is 0 Å². The number of nitro groups is 1. The Hall–Kier alpha value is -4.83. The molecule has 0 saturated heterocycles. The molecule has 0 aromatic heterocycles. The van der Waals surface area contributed by atoms with Crippen molar-refractivity contribution in [1.82, 2.24) is 5.32 Å². The molecule has 2 atom stereocenters. The number of benzene rings is 4. The number of hydrogen-bond acceptors (Lipinski definition) is 9. The molecule has 2 unspecified atom stereocenters. The molecule has 0 aliphatic carbocycles. The molecule has 0 bridgehead atoms. The molecule has 0 spiro atoms. The summed E-state index contributed by atoms with van der Waals surface area (Å²) in [6, 6.07) is 30.3. The van der Waals surface area contributed by atoms with Gasteiger partial charge in [-0.05, 0) is 72.9 Å². The Balaban J connectivity index is 1.46. The minimum Gasteiger partial charge on any atom is -0.497 e. The fraction of sp³-hybridized carbons (Fsp3) is 0.316. The van der Waals surface area contributed by atoms with Crippen LogP contribution in [0.25, 0.3) is 0 Å². The molecule has 11 nitrogen and oxygen atoms in total. The number of aliphatic imine (C=N–C) groups is 1. The summed E-state index contributed by atoms with van der Waals surface area (Å²) in [5.74, 6) is 1.29. The first-order valence-electron chi connectivity index (χ1n) is 16.3. The highest BCUT2D eigenvalue weighted by molar-refractivity contribution is 7.46. The zero-order valence-electron chi connectivity index (χ0n) is 29.0. The van der Waals surface area contributed by atoms with Gasteiger partial charge < -0.3 is 28.6 Å². The zero-order chi connectivity index (χ0) is 35.9. The van der Waals surface area contributed by atoms with Gasteiger partial charge >= 0.3 is 0 Å². The van der Waals surface area contributed by atoms with Crippen LogP contribution in [-0.4, -0.2) is 51.3 Å². The normalized spacial score (nSPS) is 12.7. The van der Waals surface area contributed by atoms with Gasteiger partial charge in [-0.1, -0.05) is 60.7 Å². The van der Waals surface area contributed by atoms with Gasteiger partial charge in [0, 0.05) is 38.8 Å². The molecule has 264 valence electrons. The average molecular weight is 702 g/mol. The van der Waals surface area contributed by atoms with Crippen LogP contribution in [-0.2, 0) is 30.7 Å². The molecule has 4 aromatic carbocycles. The van der Waals surface area contributed by atoms with Crippen LogP contribution in [0.5, 0.6) is 11.5 Å². The Bertz CT molecular complexity index is 1650. The molecule has 1 amide bonds. The van der Waals surface area contributed by atoms with Crippen LogP contribution in [0.3, 0.4) is 0 Å². The molecule has 0 aliphatic rings. The van der Waals surface area contributed by atoms with Crippen LogP contribution >= 0.6 is 8.38 Å². The van der Waals surface area contributed by atoms with Gasteiger partial charge in [-0.25, -0.2) is 0 Å². The van der Waals surface area contributed by atoms with E-state index in [1.807, 2.05) is 85.8 Å². The third kappa shape index (κ3) is 9.88. The first-order chi connectivity index (χ1) is 24.2. The number of carbonyl (C=O) groups excluding carboxylic acids is 1. The topological polar surface area (TPSA) is 131 Å². The van der Waals surface area contributed by atoms with E-state index in [2.05, 4.69) is 10.3 Å². The number of carbonyl (C=O) groups is 1. The molecule has 0 radical (unpaired) electrons. The van der Waals surface area contributed by atoms with Gasteiger partial charge in [0.25, 0.3) is 5.69 Å². The van der Waals surface area contributed by atoms with Gasteiger partial charge in [0.2, 0.25) is 14.3 Å². The van der Waals surface area contributed by atoms with Crippen molar-refractivity contribution in [2.75, 3.05) is 34.0 Å².